The minimum absolute atomic E-state index is 0.0489. The lowest BCUT2D eigenvalue weighted by atomic mass is 10.1. The molecule has 4 aromatic rings. The number of amides is 2. The Morgan fingerprint density at radius 2 is 1.84 bits per heavy atom. The van der Waals surface area contributed by atoms with Crippen molar-refractivity contribution < 1.29 is 18.7 Å². The van der Waals surface area contributed by atoms with E-state index in [1.165, 1.54) is 17.4 Å². The van der Waals surface area contributed by atoms with Gasteiger partial charge in [0, 0.05) is 26.9 Å². The fraction of sp³-hybridized carbons (Fsp3) is 0.0833. The summed E-state index contributed by atoms with van der Waals surface area (Å²) in [5, 5.41) is 3.21. The molecule has 3 N–H and O–H groups in total. The van der Waals surface area contributed by atoms with Crippen molar-refractivity contribution in [2.45, 2.75) is 13.5 Å². The second-order valence-electron chi connectivity index (χ2n) is 6.97. The maximum absolute atomic E-state index is 14.6. The summed E-state index contributed by atoms with van der Waals surface area (Å²) in [6.07, 6.45) is 0. The minimum Gasteiger partial charge on any atom is -0.489 e. The Bertz CT molecular complexity index is 1280. The quantitative estimate of drug-likeness (QED) is 0.433. The Morgan fingerprint density at radius 1 is 1.06 bits per heavy atom. The molecule has 7 heteroatoms. The fourth-order valence-electron chi connectivity index (χ4n) is 3.37. The van der Waals surface area contributed by atoms with E-state index in [2.05, 4.69) is 5.32 Å². The van der Waals surface area contributed by atoms with Gasteiger partial charge < -0.3 is 15.8 Å². The van der Waals surface area contributed by atoms with Gasteiger partial charge in [-0.1, -0.05) is 24.3 Å². The highest BCUT2D eigenvalue weighted by Crippen LogP contribution is 2.34. The normalized spacial score (nSPS) is 10.8. The zero-order chi connectivity index (χ0) is 22.0. The number of halogens is 1. The molecule has 31 heavy (non-hydrogen) atoms. The van der Waals surface area contributed by atoms with Gasteiger partial charge in [-0.2, -0.15) is 0 Å². The van der Waals surface area contributed by atoms with Crippen LogP contribution in [-0.2, 0) is 6.61 Å². The van der Waals surface area contributed by atoms with E-state index < -0.39 is 11.7 Å². The van der Waals surface area contributed by atoms with Gasteiger partial charge in [0.25, 0.3) is 5.91 Å². The van der Waals surface area contributed by atoms with E-state index >= 15 is 0 Å². The van der Waals surface area contributed by atoms with Gasteiger partial charge in [-0.05, 0) is 55.0 Å². The third-order valence-corrected chi connectivity index (χ3v) is 6.04. The highest BCUT2D eigenvalue weighted by molar-refractivity contribution is 7.21. The van der Waals surface area contributed by atoms with E-state index in [4.69, 9.17) is 10.5 Å². The molecule has 1 aromatic heterocycles. The van der Waals surface area contributed by atoms with Crippen LogP contribution in [0.5, 0.6) is 5.75 Å². The Morgan fingerprint density at radius 3 is 2.55 bits per heavy atom. The molecule has 0 unspecified atom stereocenters. The molecular formula is C24H19FN2O3S. The smallest absolute Gasteiger partial charge is 0.266 e. The van der Waals surface area contributed by atoms with E-state index in [-0.39, 0.29) is 12.5 Å². The van der Waals surface area contributed by atoms with Gasteiger partial charge in [0.1, 0.15) is 23.1 Å². The average Bonchev–Trinajstić information content (AvgIpc) is 3.13. The van der Waals surface area contributed by atoms with Gasteiger partial charge in [-0.3, -0.25) is 9.59 Å². The Kier molecular flexibility index (Phi) is 5.68. The van der Waals surface area contributed by atoms with Crippen molar-refractivity contribution >= 4 is 38.9 Å². The molecule has 0 saturated heterocycles. The summed E-state index contributed by atoms with van der Waals surface area (Å²) in [6, 6.07) is 18.8. The number of thiophene rings is 1. The number of carbonyl (C=O) groups excluding carboxylic acids is 2. The van der Waals surface area contributed by atoms with Gasteiger partial charge in [0.2, 0.25) is 5.91 Å². The third kappa shape index (κ3) is 4.27. The lowest BCUT2D eigenvalue weighted by molar-refractivity contribution is 0.0998. The van der Waals surface area contributed by atoms with E-state index in [0.29, 0.717) is 43.1 Å². The van der Waals surface area contributed by atoms with Crippen molar-refractivity contribution in [3.63, 3.8) is 0 Å². The second-order valence-corrected chi connectivity index (χ2v) is 8.02. The number of para-hydroxylation sites is 1. The molecule has 0 radical (unpaired) electrons. The fourth-order valence-corrected chi connectivity index (χ4v) is 4.48. The molecule has 2 amide bonds. The third-order valence-electron chi connectivity index (χ3n) is 4.85. The summed E-state index contributed by atoms with van der Waals surface area (Å²) < 4.78 is 21.1. The Hall–Kier alpha value is -3.71. The molecule has 0 fully saturated rings. The van der Waals surface area contributed by atoms with Crippen molar-refractivity contribution in [2.75, 3.05) is 5.32 Å². The highest BCUT2D eigenvalue weighted by Gasteiger charge is 2.22. The standard InChI is InChI=1S/C24H19FN2O3S/c1-14-12-15(10-11-17(14)23(26)28)27-24(29)22-18(13-30-16-6-3-2-4-7-16)21-19(25)8-5-9-20(21)31-22/h2-12H,13H2,1H3,(H2,26,28)(H,27,29). The molecule has 1 heterocycles. The number of nitrogens with one attached hydrogen (secondary N) is 1. The van der Waals surface area contributed by atoms with Gasteiger partial charge in [0.15, 0.2) is 0 Å². The SMILES string of the molecule is Cc1cc(NC(=O)c2sc3cccc(F)c3c2COc2ccccc2)ccc1C(N)=O. The van der Waals surface area contributed by atoms with Crippen LogP contribution >= 0.6 is 11.3 Å². The maximum atomic E-state index is 14.6. The predicted octanol–water partition coefficient (Wildman–Crippen LogP) is 5.28. The van der Waals surface area contributed by atoms with Crippen molar-refractivity contribution in [1.29, 1.82) is 0 Å². The van der Waals surface area contributed by atoms with E-state index in [1.807, 2.05) is 18.2 Å². The zero-order valence-electron chi connectivity index (χ0n) is 16.6. The number of rotatable bonds is 6. The van der Waals surface area contributed by atoms with Crippen LogP contribution in [0.2, 0.25) is 0 Å². The van der Waals surface area contributed by atoms with Crippen molar-refractivity contribution in [3.05, 3.63) is 94.1 Å². The number of fused-ring (bicyclic) bond motifs is 1. The monoisotopic (exact) mass is 434 g/mol. The molecule has 0 bridgehead atoms. The second kappa shape index (κ2) is 8.57. The van der Waals surface area contributed by atoms with Crippen LogP contribution in [0.1, 0.15) is 31.2 Å². The van der Waals surface area contributed by atoms with Gasteiger partial charge in [-0.15, -0.1) is 11.3 Å². The first-order valence-electron chi connectivity index (χ1n) is 9.53. The number of anilines is 1. The predicted molar refractivity (Wildman–Crippen MR) is 120 cm³/mol. The zero-order valence-corrected chi connectivity index (χ0v) is 17.5. The molecule has 5 nitrogen and oxygen atoms in total. The van der Waals surface area contributed by atoms with Crippen LogP contribution < -0.4 is 15.8 Å². The van der Waals surface area contributed by atoms with Crippen LogP contribution in [0, 0.1) is 12.7 Å². The molecule has 0 aliphatic heterocycles. The Labute approximate surface area is 182 Å². The molecule has 156 valence electrons. The summed E-state index contributed by atoms with van der Waals surface area (Å²) in [5.74, 6) is -0.683. The van der Waals surface area contributed by atoms with Crippen LogP contribution in [0.3, 0.4) is 0 Å². The number of benzene rings is 3. The molecule has 4 rings (SSSR count). The summed E-state index contributed by atoms with van der Waals surface area (Å²) in [5.41, 5.74) is 7.39. The number of hydrogen-bond donors (Lipinski definition) is 2. The van der Waals surface area contributed by atoms with E-state index in [1.54, 1.807) is 49.4 Å². The molecule has 0 spiro atoms. The van der Waals surface area contributed by atoms with Gasteiger partial charge in [-0.25, -0.2) is 4.39 Å². The number of aryl methyl sites for hydroxylation is 1. The maximum Gasteiger partial charge on any atom is 0.266 e. The Balaban J connectivity index is 1.67. The van der Waals surface area contributed by atoms with Crippen LogP contribution in [0.25, 0.3) is 10.1 Å². The summed E-state index contributed by atoms with van der Waals surface area (Å²) in [7, 11) is 0. The lowest BCUT2D eigenvalue weighted by Gasteiger charge is -2.10. The lowest BCUT2D eigenvalue weighted by Crippen LogP contribution is -2.15. The minimum atomic E-state index is -0.532. The number of ether oxygens (including phenoxy) is 1. The summed E-state index contributed by atoms with van der Waals surface area (Å²) in [4.78, 5) is 24.9. The van der Waals surface area contributed by atoms with Crippen LogP contribution in [-0.4, -0.2) is 11.8 Å². The molecule has 0 aliphatic rings. The first kappa shape index (κ1) is 20.6. The van der Waals surface area contributed by atoms with Crippen molar-refractivity contribution in [1.82, 2.24) is 0 Å². The van der Waals surface area contributed by atoms with Crippen LogP contribution in [0.4, 0.5) is 10.1 Å². The molecule has 0 saturated carbocycles. The number of nitrogens with two attached hydrogens (primary N) is 1. The topological polar surface area (TPSA) is 81.4 Å². The number of hydrogen-bond acceptors (Lipinski definition) is 4. The average molecular weight is 434 g/mol. The van der Waals surface area contributed by atoms with Crippen molar-refractivity contribution in [2.24, 2.45) is 5.73 Å². The van der Waals surface area contributed by atoms with Crippen molar-refractivity contribution in [3.8, 4) is 5.75 Å². The van der Waals surface area contributed by atoms with Crippen LogP contribution in [0.15, 0.2) is 66.7 Å². The first-order chi connectivity index (χ1) is 14.9. The number of carbonyl (C=O) groups is 2. The first-order valence-corrected chi connectivity index (χ1v) is 10.3. The molecule has 0 aliphatic carbocycles. The van der Waals surface area contributed by atoms with E-state index in [0.717, 1.165) is 0 Å². The van der Waals surface area contributed by atoms with Gasteiger partial charge >= 0.3 is 0 Å². The number of primary amides is 1. The van der Waals surface area contributed by atoms with E-state index in [9.17, 15) is 14.0 Å². The molecule has 3 aromatic carbocycles. The largest absolute Gasteiger partial charge is 0.489 e. The highest BCUT2D eigenvalue weighted by atomic mass is 32.1. The molecule has 0 atom stereocenters. The summed E-state index contributed by atoms with van der Waals surface area (Å²) in [6.45, 7) is 1.79. The summed E-state index contributed by atoms with van der Waals surface area (Å²) >= 11 is 1.21. The molecular weight excluding hydrogens is 415 g/mol. The van der Waals surface area contributed by atoms with Gasteiger partial charge in [0.05, 0.1) is 0 Å².